The van der Waals surface area contributed by atoms with Crippen molar-refractivity contribution in [1.82, 2.24) is 10.2 Å². The van der Waals surface area contributed by atoms with Gasteiger partial charge in [0.25, 0.3) is 10.9 Å². The van der Waals surface area contributed by atoms with Crippen molar-refractivity contribution in [3.05, 3.63) is 58.6 Å². The molecule has 1 aromatic heterocycles. The smallest absolute Gasteiger partial charge is 0.321 e. The molecule has 0 aliphatic carbocycles. The van der Waals surface area contributed by atoms with Gasteiger partial charge in [-0.25, -0.2) is 0 Å². The largest absolute Gasteiger partial charge is 0.497 e. The van der Waals surface area contributed by atoms with Gasteiger partial charge in [0.2, 0.25) is 5.89 Å². The number of aromatic nitrogens is 2. The number of hydrogen-bond donors (Lipinski definition) is 0. The Morgan fingerprint density at radius 2 is 1.93 bits per heavy atom. The summed E-state index contributed by atoms with van der Waals surface area (Å²) >= 11 is 1.03. The number of nitro groups is 1. The topological polar surface area (TPSA) is 118 Å². The molecule has 0 unspecified atom stereocenters. The Morgan fingerprint density at radius 3 is 2.63 bits per heavy atom. The first kappa shape index (κ1) is 18.4. The van der Waals surface area contributed by atoms with Crippen LogP contribution in [0.25, 0.3) is 11.5 Å². The molecule has 0 aliphatic rings. The van der Waals surface area contributed by atoms with Gasteiger partial charge in [0.05, 0.1) is 12.0 Å². The molecule has 0 saturated heterocycles. The van der Waals surface area contributed by atoms with Crippen LogP contribution in [0.5, 0.6) is 11.5 Å². The first-order chi connectivity index (χ1) is 13.0. The lowest BCUT2D eigenvalue weighted by atomic mass is 10.2. The number of rotatable bonds is 7. The van der Waals surface area contributed by atoms with Crippen molar-refractivity contribution < 1.29 is 23.6 Å². The summed E-state index contributed by atoms with van der Waals surface area (Å²) in [5, 5.41) is 18.6. The summed E-state index contributed by atoms with van der Waals surface area (Å²) in [6, 6.07) is 12.4. The maximum Gasteiger partial charge on any atom is 0.321 e. The van der Waals surface area contributed by atoms with E-state index in [4.69, 9.17) is 13.9 Å². The van der Waals surface area contributed by atoms with E-state index in [2.05, 4.69) is 10.2 Å². The zero-order valence-corrected chi connectivity index (χ0v) is 14.8. The number of esters is 1. The number of nitrogens with zero attached hydrogens (tertiary/aromatic N) is 3. The summed E-state index contributed by atoms with van der Waals surface area (Å²) in [6.45, 7) is 0. The lowest BCUT2D eigenvalue weighted by Crippen LogP contribution is -2.10. The summed E-state index contributed by atoms with van der Waals surface area (Å²) in [4.78, 5) is 22.1. The number of nitro benzene ring substituents is 1. The summed E-state index contributed by atoms with van der Waals surface area (Å²) in [7, 11) is 1.52. The number of thioether (sulfide) groups is 1. The van der Waals surface area contributed by atoms with E-state index in [1.807, 2.05) is 0 Å². The van der Waals surface area contributed by atoms with Crippen molar-refractivity contribution in [2.45, 2.75) is 5.22 Å². The van der Waals surface area contributed by atoms with Gasteiger partial charge in [0.15, 0.2) is 0 Å². The van der Waals surface area contributed by atoms with Gasteiger partial charge in [-0.3, -0.25) is 14.9 Å². The van der Waals surface area contributed by atoms with Crippen molar-refractivity contribution in [2.75, 3.05) is 12.9 Å². The lowest BCUT2D eigenvalue weighted by Gasteiger charge is -2.05. The Kier molecular flexibility index (Phi) is 5.67. The van der Waals surface area contributed by atoms with Crippen molar-refractivity contribution in [3.63, 3.8) is 0 Å². The third-order valence-electron chi connectivity index (χ3n) is 3.32. The highest BCUT2D eigenvalue weighted by Crippen LogP contribution is 2.25. The van der Waals surface area contributed by atoms with E-state index in [1.54, 1.807) is 24.3 Å². The second-order valence-corrected chi connectivity index (χ2v) is 6.05. The van der Waals surface area contributed by atoms with E-state index < -0.39 is 10.9 Å². The second-order valence-electron chi connectivity index (χ2n) is 5.12. The Labute approximate surface area is 157 Å². The molecule has 0 saturated carbocycles. The highest BCUT2D eigenvalue weighted by atomic mass is 32.2. The second kappa shape index (κ2) is 8.32. The number of carbonyl (C=O) groups excluding carboxylic acids is 1. The van der Waals surface area contributed by atoms with Crippen LogP contribution in [0.4, 0.5) is 5.69 Å². The maximum atomic E-state index is 11.9. The van der Waals surface area contributed by atoms with Crippen LogP contribution in [-0.4, -0.2) is 34.0 Å². The van der Waals surface area contributed by atoms with Crippen molar-refractivity contribution in [3.8, 4) is 23.0 Å². The minimum atomic E-state index is -0.493. The Morgan fingerprint density at radius 1 is 1.19 bits per heavy atom. The average Bonchev–Trinajstić information content (AvgIpc) is 3.15. The number of ether oxygens (including phenoxy) is 2. The Balaban J connectivity index is 1.57. The molecule has 1 heterocycles. The number of methoxy groups -OCH3 is 1. The number of benzene rings is 2. The van der Waals surface area contributed by atoms with Crippen LogP contribution in [0.3, 0.4) is 0 Å². The van der Waals surface area contributed by atoms with E-state index in [-0.39, 0.29) is 22.6 Å². The van der Waals surface area contributed by atoms with Gasteiger partial charge in [-0.2, -0.15) is 0 Å². The normalized spacial score (nSPS) is 10.4. The molecule has 0 radical (unpaired) electrons. The average molecular weight is 387 g/mol. The molecule has 0 spiro atoms. The molecule has 0 N–H and O–H groups in total. The van der Waals surface area contributed by atoms with Crippen LogP contribution in [0.1, 0.15) is 0 Å². The minimum Gasteiger partial charge on any atom is -0.497 e. The fourth-order valence-corrected chi connectivity index (χ4v) is 2.59. The molecule has 2 aromatic carbocycles. The summed E-state index contributed by atoms with van der Waals surface area (Å²) in [5.74, 6) is 0.644. The van der Waals surface area contributed by atoms with E-state index >= 15 is 0 Å². The summed E-state index contributed by atoms with van der Waals surface area (Å²) in [5.41, 5.74) is 0.507. The Hall–Kier alpha value is -3.40. The van der Waals surface area contributed by atoms with Crippen LogP contribution >= 0.6 is 11.8 Å². The zero-order valence-electron chi connectivity index (χ0n) is 14.0. The molecule has 0 bridgehead atoms. The maximum absolute atomic E-state index is 11.9. The van der Waals surface area contributed by atoms with Gasteiger partial charge in [0, 0.05) is 23.8 Å². The summed E-state index contributed by atoms with van der Waals surface area (Å²) in [6.07, 6.45) is 0. The standard InChI is InChI=1S/C17H13N3O6S/c1-24-13-3-2-4-14(9-13)25-15(21)10-27-17-19-18-16(26-17)11-5-7-12(8-6-11)20(22)23/h2-9H,10H2,1H3. The third-order valence-corrected chi connectivity index (χ3v) is 4.11. The molecule has 0 atom stereocenters. The first-order valence-electron chi connectivity index (χ1n) is 7.61. The number of hydrogen-bond acceptors (Lipinski definition) is 9. The van der Waals surface area contributed by atoms with Crippen molar-refractivity contribution in [2.24, 2.45) is 0 Å². The van der Waals surface area contributed by atoms with Crippen molar-refractivity contribution >= 4 is 23.4 Å². The molecule has 10 heteroatoms. The molecular formula is C17H13N3O6S. The predicted octanol–water partition coefficient (Wildman–Crippen LogP) is 3.35. The highest BCUT2D eigenvalue weighted by Gasteiger charge is 2.14. The fourth-order valence-electron chi connectivity index (χ4n) is 2.06. The van der Waals surface area contributed by atoms with Gasteiger partial charge in [-0.1, -0.05) is 17.8 Å². The third kappa shape index (κ3) is 4.82. The van der Waals surface area contributed by atoms with Gasteiger partial charge >= 0.3 is 5.97 Å². The summed E-state index contributed by atoms with van der Waals surface area (Å²) < 4.78 is 15.7. The van der Waals surface area contributed by atoms with Gasteiger partial charge in [-0.05, 0) is 24.3 Å². The SMILES string of the molecule is COc1cccc(OC(=O)CSc2nnc(-c3ccc([N+](=O)[O-])cc3)o2)c1. The van der Waals surface area contributed by atoms with E-state index in [1.165, 1.54) is 31.4 Å². The van der Waals surface area contributed by atoms with E-state index in [0.717, 1.165) is 11.8 Å². The van der Waals surface area contributed by atoms with Crippen LogP contribution in [0.15, 0.2) is 58.2 Å². The van der Waals surface area contributed by atoms with Gasteiger partial charge in [0.1, 0.15) is 17.3 Å². The first-order valence-corrected chi connectivity index (χ1v) is 8.59. The number of carbonyl (C=O) groups is 1. The molecule has 9 nitrogen and oxygen atoms in total. The monoisotopic (exact) mass is 387 g/mol. The highest BCUT2D eigenvalue weighted by molar-refractivity contribution is 7.99. The molecular weight excluding hydrogens is 374 g/mol. The zero-order chi connectivity index (χ0) is 19.2. The van der Waals surface area contributed by atoms with Crippen LogP contribution in [0, 0.1) is 10.1 Å². The van der Waals surface area contributed by atoms with Crippen LogP contribution in [0.2, 0.25) is 0 Å². The van der Waals surface area contributed by atoms with Crippen molar-refractivity contribution in [1.29, 1.82) is 0 Å². The van der Waals surface area contributed by atoms with Crippen LogP contribution < -0.4 is 9.47 Å². The fraction of sp³-hybridized carbons (Fsp3) is 0.118. The molecule has 3 aromatic rings. The van der Waals surface area contributed by atoms with Gasteiger partial charge < -0.3 is 13.9 Å². The van der Waals surface area contributed by atoms with Gasteiger partial charge in [-0.15, -0.1) is 10.2 Å². The Bertz CT molecular complexity index is 957. The van der Waals surface area contributed by atoms with E-state index in [9.17, 15) is 14.9 Å². The molecule has 27 heavy (non-hydrogen) atoms. The molecule has 0 aliphatic heterocycles. The predicted molar refractivity (Wildman–Crippen MR) is 95.7 cm³/mol. The van der Waals surface area contributed by atoms with E-state index in [0.29, 0.717) is 17.1 Å². The lowest BCUT2D eigenvalue weighted by molar-refractivity contribution is -0.384. The van der Waals surface area contributed by atoms with Crippen LogP contribution in [-0.2, 0) is 4.79 Å². The minimum absolute atomic E-state index is 0.0287. The molecule has 138 valence electrons. The molecule has 0 amide bonds. The number of non-ortho nitro benzene ring substituents is 1. The molecule has 0 fully saturated rings. The molecule has 3 rings (SSSR count). The quantitative estimate of drug-likeness (QED) is 0.198.